The van der Waals surface area contributed by atoms with Crippen molar-refractivity contribution in [3.8, 4) is 15.8 Å². The van der Waals surface area contributed by atoms with Gasteiger partial charge in [-0.1, -0.05) is 6.07 Å². The predicted molar refractivity (Wildman–Crippen MR) is 77.9 cm³/mol. The van der Waals surface area contributed by atoms with Gasteiger partial charge in [0.05, 0.1) is 6.61 Å². The molecule has 0 aliphatic rings. The van der Waals surface area contributed by atoms with Gasteiger partial charge in [0.1, 0.15) is 11.6 Å². The number of hydrogen-bond acceptors (Lipinski definition) is 5. The maximum absolute atomic E-state index is 11.5. The molecular formula is C14H11NO2S2. The molecule has 0 fully saturated rings. The highest BCUT2D eigenvalue weighted by Gasteiger charge is 2.11. The van der Waals surface area contributed by atoms with E-state index in [0.29, 0.717) is 0 Å². The zero-order valence-corrected chi connectivity index (χ0v) is 11.9. The van der Waals surface area contributed by atoms with Gasteiger partial charge in [0.25, 0.3) is 0 Å². The van der Waals surface area contributed by atoms with Crippen LogP contribution < -0.4 is 0 Å². The fourth-order valence-corrected chi connectivity index (χ4v) is 3.26. The highest BCUT2D eigenvalue weighted by molar-refractivity contribution is 7.21. The molecule has 0 radical (unpaired) electrons. The first-order chi connectivity index (χ1) is 9.24. The highest BCUT2D eigenvalue weighted by atomic mass is 32.1. The van der Waals surface area contributed by atoms with Crippen LogP contribution in [0.1, 0.15) is 11.8 Å². The first-order valence-corrected chi connectivity index (χ1v) is 7.37. The first-order valence-electron chi connectivity index (χ1n) is 5.67. The van der Waals surface area contributed by atoms with E-state index in [9.17, 15) is 4.79 Å². The molecule has 0 atom stereocenters. The second-order valence-electron chi connectivity index (χ2n) is 3.57. The summed E-state index contributed by atoms with van der Waals surface area (Å²) in [5.41, 5.74) is 0.0291. The Morgan fingerprint density at radius 1 is 1.42 bits per heavy atom. The lowest BCUT2D eigenvalue weighted by atomic mass is 10.2. The van der Waals surface area contributed by atoms with E-state index in [4.69, 9.17) is 10.00 Å². The molecule has 0 amide bonds. The van der Waals surface area contributed by atoms with Crippen molar-refractivity contribution in [2.75, 3.05) is 6.61 Å². The maximum atomic E-state index is 11.5. The van der Waals surface area contributed by atoms with Crippen LogP contribution in [0.2, 0.25) is 0 Å². The van der Waals surface area contributed by atoms with Crippen LogP contribution in [-0.4, -0.2) is 12.6 Å². The number of hydrogen-bond donors (Lipinski definition) is 0. The molecule has 96 valence electrons. The molecule has 0 spiro atoms. The average Bonchev–Trinajstić information content (AvgIpc) is 3.06. The van der Waals surface area contributed by atoms with Crippen molar-refractivity contribution < 1.29 is 9.53 Å². The van der Waals surface area contributed by atoms with Gasteiger partial charge in [0.2, 0.25) is 0 Å². The smallest absolute Gasteiger partial charge is 0.348 e. The lowest BCUT2D eigenvalue weighted by Gasteiger charge is -1.98. The summed E-state index contributed by atoms with van der Waals surface area (Å²) in [5.74, 6) is -0.573. The van der Waals surface area contributed by atoms with Gasteiger partial charge in [-0.2, -0.15) is 5.26 Å². The van der Waals surface area contributed by atoms with Crippen LogP contribution in [0.25, 0.3) is 15.8 Å². The normalized spacial score (nSPS) is 11.1. The molecule has 0 saturated heterocycles. The van der Waals surface area contributed by atoms with Crippen LogP contribution in [0.3, 0.4) is 0 Å². The number of nitriles is 1. The SMILES string of the molecule is CCOC(=O)C(C#N)=Cc1ccc(-c2cccs2)s1. The van der Waals surface area contributed by atoms with Crippen LogP contribution in [-0.2, 0) is 9.53 Å². The Hall–Kier alpha value is -1.90. The summed E-state index contributed by atoms with van der Waals surface area (Å²) in [7, 11) is 0. The summed E-state index contributed by atoms with van der Waals surface area (Å²) in [6, 6.07) is 9.80. The number of carbonyl (C=O) groups is 1. The van der Waals surface area contributed by atoms with Crippen LogP contribution in [0, 0.1) is 11.3 Å². The molecule has 2 rings (SSSR count). The molecule has 0 N–H and O–H groups in total. The number of ether oxygens (including phenoxy) is 1. The van der Waals surface area contributed by atoms with Crippen LogP contribution in [0.4, 0.5) is 0 Å². The number of esters is 1. The second kappa shape index (κ2) is 6.32. The minimum Gasteiger partial charge on any atom is -0.462 e. The molecule has 19 heavy (non-hydrogen) atoms. The summed E-state index contributed by atoms with van der Waals surface area (Å²) in [5, 5.41) is 11.0. The Kier molecular flexibility index (Phi) is 4.50. The highest BCUT2D eigenvalue weighted by Crippen LogP contribution is 2.32. The van der Waals surface area contributed by atoms with Crippen molar-refractivity contribution in [3.05, 3.63) is 40.1 Å². The number of nitrogens with zero attached hydrogens (tertiary/aromatic N) is 1. The van der Waals surface area contributed by atoms with E-state index >= 15 is 0 Å². The van der Waals surface area contributed by atoms with E-state index in [1.54, 1.807) is 35.7 Å². The minimum atomic E-state index is -0.573. The summed E-state index contributed by atoms with van der Waals surface area (Å²) in [6.07, 6.45) is 1.57. The van der Waals surface area contributed by atoms with E-state index in [0.717, 1.165) is 9.75 Å². The van der Waals surface area contributed by atoms with E-state index in [2.05, 4.69) is 0 Å². The summed E-state index contributed by atoms with van der Waals surface area (Å²) >= 11 is 3.21. The third-order valence-electron chi connectivity index (χ3n) is 2.29. The third kappa shape index (κ3) is 3.31. The molecule has 2 heterocycles. The fourth-order valence-electron chi connectivity index (χ4n) is 1.47. The van der Waals surface area contributed by atoms with Crippen molar-refractivity contribution in [2.24, 2.45) is 0 Å². The van der Waals surface area contributed by atoms with E-state index < -0.39 is 5.97 Å². The number of rotatable bonds is 4. The third-order valence-corrected chi connectivity index (χ3v) is 4.39. The number of thiophene rings is 2. The summed E-state index contributed by atoms with van der Waals surface area (Å²) in [6.45, 7) is 1.98. The van der Waals surface area contributed by atoms with Gasteiger partial charge in [-0.25, -0.2) is 4.79 Å². The molecule has 0 aliphatic heterocycles. The topological polar surface area (TPSA) is 50.1 Å². The summed E-state index contributed by atoms with van der Waals surface area (Å²) in [4.78, 5) is 14.7. The van der Waals surface area contributed by atoms with Gasteiger partial charge in [-0.15, -0.1) is 22.7 Å². The predicted octanol–water partition coefficient (Wildman–Crippen LogP) is 3.95. The van der Waals surface area contributed by atoms with Crippen LogP contribution >= 0.6 is 22.7 Å². The standard InChI is InChI=1S/C14H11NO2S2/c1-2-17-14(16)10(9-15)8-11-5-6-13(19-11)12-4-3-7-18-12/h3-8H,2H2,1H3. The second-order valence-corrected chi connectivity index (χ2v) is 5.63. The molecule has 0 unspecified atom stereocenters. The van der Waals surface area contributed by atoms with Crippen molar-refractivity contribution in [1.82, 2.24) is 0 Å². The molecule has 2 aromatic rings. The Bertz CT molecular complexity index is 633. The zero-order valence-electron chi connectivity index (χ0n) is 10.3. The Balaban J connectivity index is 2.23. The molecule has 2 aromatic heterocycles. The van der Waals surface area contributed by atoms with E-state index in [1.165, 1.54) is 4.88 Å². The maximum Gasteiger partial charge on any atom is 0.348 e. The van der Waals surface area contributed by atoms with Crippen molar-refractivity contribution >= 4 is 34.7 Å². The van der Waals surface area contributed by atoms with Crippen molar-refractivity contribution in [2.45, 2.75) is 6.92 Å². The van der Waals surface area contributed by atoms with Gasteiger partial charge in [0, 0.05) is 14.6 Å². The average molecular weight is 289 g/mol. The van der Waals surface area contributed by atoms with E-state index in [1.807, 2.05) is 35.7 Å². The van der Waals surface area contributed by atoms with Crippen molar-refractivity contribution in [1.29, 1.82) is 5.26 Å². The van der Waals surface area contributed by atoms with Crippen molar-refractivity contribution in [3.63, 3.8) is 0 Å². The molecule has 0 saturated carbocycles. The first kappa shape index (κ1) is 13.5. The molecule has 5 heteroatoms. The quantitative estimate of drug-likeness (QED) is 0.486. The molecule has 0 aromatic carbocycles. The lowest BCUT2D eigenvalue weighted by Crippen LogP contribution is -2.05. The van der Waals surface area contributed by atoms with E-state index in [-0.39, 0.29) is 12.2 Å². The largest absolute Gasteiger partial charge is 0.462 e. The van der Waals surface area contributed by atoms with Gasteiger partial charge in [0.15, 0.2) is 0 Å². The minimum absolute atomic E-state index is 0.0291. The van der Waals surface area contributed by atoms with Gasteiger partial charge >= 0.3 is 5.97 Å². The van der Waals surface area contributed by atoms with Gasteiger partial charge < -0.3 is 4.74 Å². The Labute approximate surface area is 119 Å². The zero-order chi connectivity index (χ0) is 13.7. The molecule has 0 aliphatic carbocycles. The van der Waals surface area contributed by atoms with Gasteiger partial charge in [-0.05, 0) is 36.6 Å². The fraction of sp³-hybridized carbons (Fsp3) is 0.143. The molecule has 0 bridgehead atoms. The molecule has 3 nitrogen and oxygen atoms in total. The Morgan fingerprint density at radius 3 is 2.89 bits per heavy atom. The Morgan fingerprint density at radius 2 is 2.26 bits per heavy atom. The van der Waals surface area contributed by atoms with Crippen LogP contribution in [0.5, 0.6) is 0 Å². The summed E-state index contributed by atoms with van der Waals surface area (Å²) < 4.78 is 4.82. The number of carbonyl (C=O) groups excluding carboxylic acids is 1. The van der Waals surface area contributed by atoms with Gasteiger partial charge in [-0.3, -0.25) is 0 Å². The molecular weight excluding hydrogens is 278 g/mol. The monoisotopic (exact) mass is 289 g/mol. The lowest BCUT2D eigenvalue weighted by molar-refractivity contribution is -0.137. The van der Waals surface area contributed by atoms with Crippen LogP contribution in [0.15, 0.2) is 35.2 Å².